The molecule has 136 valence electrons. The molecule has 0 aliphatic rings. The Bertz CT molecular complexity index is 1080. The van der Waals surface area contributed by atoms with E-state index in [0.717, 1.165) is 11.2 Å². The first-order valence-corrected chi connectivity index (χ1v) is 9.72. The van der Waals surface area contributed by atoms with Crippen molar-refractivity contribution in [3.63, 3.8) is 0 Å². The van der Waals surface area contributed by atoms with E-state index < -0.39 is 0 Å². The molecule has 4 rings (SSSR count). The zero-order valence-corrected chi connectivity index (χ0v) is 16.5. The molecular weight excluding hydrogens is 328 g/mol. The Morgan fingerprint density at radius 2 is 1.33 bits per heavy atom. The highest BCUT2D eigenvalue weighted by Crippen LogP contribution is 2.37. The highest BCUT2D eigenvalue weighted by Gasteiger charge is 2.15. The third-order valence-corrected chi connectivity index (χ3v) is 5.25. The van der Waals surface area contributed by atoms with Gasteiger partial charge >= 0.3 is 0 Å². The molecule has 0 fully saturated rings. The van der Waals surface area contributed by atoms with Crippen LogP contribution in [0.5, 0.6) is 0 Å². The van der Waals surface area contributed by atoms with Gasteiger partial charge in [-0.15, -0.1) is 0 Å². The van der Waals surface area contributed by atoms with Gasteiger partial charge in [0.1, 0.15) is 0 Å². The summed E-state index contributed by atoms with van der Waals surface area (Å²) in [6.45, 7) is 9.02. The number of fused-ring (bicyclic) bond motifs is 3. The molecule has 0 atom stereocenters. The van der Waals surface area contributed by atoms with E-state index in [-0.39, 0.29) is 0 Å². The van der Waals surface area contributed by atoms with Gasteiger partial charge in [-0.3, -0.25) is 4.98 Å². The van der Waals surface area contributed by atoms with Crippen LogP contribution >= 0.6 is 0 Å². The number of aromatic nitrogens is 1. The molecule has 0 bridgehead atoms. The number of nitrogens with zero attached hydrogens (tertiary/aromatic N) is 1. The number of pyridine rings is 1. The van der Waals surface area contributed by atoms with Gasteiger partial charge in [0, 0.05) is 28.3 Å². The summed E-state index contributed by atoms with van der Waals surface area (Å²) < 4.78 is 0. The van der Waals surface area contributed by atoms with Crippen LogP contribution in [0.25, 0.3) is 21.7 Å². The van der Waals surface area contributed by atoms with Gasteiger partial charge in [-0.25, -0.2) is 0 Å². The lowest BCUT2D eigenvalue weighted by molar-refractivity contribution is 0.838. The standard InChI is InChI=1S/C25H26N2/c1-16(2)20-10-6-11-21(17(3)4)25(20)27-22-12-5-8-18-13-14-19-9-7-15-26-24(19)23(18)22/h5-17,27H,1-4H3. The number of hydrogen-bond acceptors (Lipinski definition) is 2. The summed E-state index contributed by atoms with van der Waals surface area (Å²) in [4.78, 5) is 4.69. The molecule has 3 aromatic carbocycles. The van der Waals surface area contributed by atoms with Crippen molar-refractivity contribution in [1.82, 2.24) is 4.98 Å². The number of nitrogens with one attached hydrogen (secondary N) is 1. The summed E-state index contributed by atoms with van der Waals surface area (Å²) in [6, 6.07) is 21.5. The molecule has 0 unspecified atom stereocenters. The Hall–Kier alpha value is -2.87. The second-order valence-electron chi connectivity index (χ2n) is 7.79. The van der Waals surface area contributed by atoms with E-state index >= 15 is 0 Å². The lowest BCUT2D eigenvalue weighted by atomic mass is 9.92. The summed E-state index contributed by atoms with van der Waals surface area (Å²) in [5, 5.41) is 7.36. The number of hydrogen-bond donors (Lipinski definition) is 1. The second-order valence-corrected chi connectivity index (χ2v) is 7.79. The number of benzene rings is 3. The Kier molecular flexibility index (Phi) is 4.57. The van der Waals surface area contributed by atoms with Gasteiger partial charge in [0.25, 0.3) is 0 Å². The second kappa shape index (κ2) is 7.03. The predicted octanol–water partition coefficient (Wildman–Crippen LogP) is 7.38. The maximum absolute atomic E-state index is 4.69. The van der Waals surface area contributed by atoms with Crippen LogP contribution in [0.4, 0.5) is 11.4 Å². The lowest BCUT2D eigenvalue weighted by Gasteiger charge is -2.22. The van der Waals surface area contributed by atoms with Crippen molar-refractivity contribution >= 4 is 33.1 Å². The van der Waals surface area contributed by atoms with Gasteiger partial charge in [0.15, 0.2) is 0 Å². The largest absolute Gasteiger partial charge is 0.354 e. The lowest BCUT2D eigenvalue weighted by Crippen LogP contribution is -2.04. The summed E-state index contributed by atoms with van der Waals surface area (Å²) in [5.74, 6) is 0.909. The molecule has 1 heterocycles. The molecule has 0 saturated heterocycles. The first-order chi connectivity index (χ1) is 13.1. The molecule has 2 heteroatoms. The normalized spacial score (nSPS) is 11.6. The van der Waals surface area contributed by atoms with Crippen molar-refractivity contribution < 1.29 is 0 Å². The summed E-state index contributed by atoms with van der Waals surface area (Å²) in [5.41, 5.74) is 6.11. The zero-order valence-electron chi connectivity index (χ0n) is 16.5. The third kappa shape index (κ3) is 3.16. The van der Waals surface area contributed by atoms with Gasteiger partial charge in [0.05, 0.1) is 5.52 Å². The molecule has 0 aliphatic carbocycles. The van der Waals surface area contributed by atoms with E-state index in [4.69, 9.17) is 0 Å². The van der Waals surface area contributed by atoms with Crippen LogP contribution in [-0.2, 0) is 0 Å². The Morgan fingerprint density at radius 1 is 0.704 bits per heavy atom. The van der Waals surface area contributed by atoms with Crippen molar-refractivity contribution in [1.29, 1.82) is 0 Å². The van der Waals surface area contributed by atoms with Gasteiger partial charge in [-0.1, -0.05) is 76.2 Å². The molecule has 0 spiro atoms. The number of para-hydroxylation sites is 1. The average Bonchev–Trinajstić information content (AvgIpc) is 2.67. The van der Waals surface area contributed by atoms with E-state index in [1.165, 1.54) is 33.0 Å². The molecular formula is C25H26N2. The molecule has 0 amide bonds. The highest BCUT2D eigenvalue weighted by molar-refractivity contribution is 6.12. The predicted molar refractivity (Wildman–Crippen MR) is 117 cm³/mol. The minimum absolute atomic E-state index is 0.455. The molecule has 27 heavy (non-hydrogen) atoms. The van der Waals surface area contributed by atoms with Crippen LogP contribution in [0.1, 0.15) is 50.7 Å². The molecule has 1 aromatic heterocycles. The van der Waals surface area contributed by atoms with E-state index in [2.05, 4.69) is 92.6 Å². The Morgan fingerprint density at radius 3 is 2.04 bits per heavy atom. The summed E-state index contributed by atoms with van der Waals surface area (Å²) in [6.07, 6.45) is 1.88. The van der Waals surface area contributed by atoms with Crippen LogP contribution in [0, 0.1) is 0 Å². The summed E-state index contributed by atoms with van der Waals surface area (Å²) >= 11 is 0. The quantitative estimate of drug-likeness (QED) is 0.387. The van der Waals surface area contributed by atoms with Gasteiger partial charge in [-0.05, 0) is 40.5 Å². The van der Waals surface area contributed by atoms with Gasteiger partial charge < -0.3 is 5.32 Å². The minimum atomic E-state index is 0.455. The molecule has 4 aromatic rings. The van der Waals surface area contributed by atoms with Crippen LogP contribution < -0.4 is 5.32 Å². The molecule has 2 nitrogen and oxygen atoms in total. The SMILES string of the molecule is CC(C)c1cccc(C(C)C)c1Nc1cccc2ccc3cccnc3c12. The van der Waals surface area contributed by atoms with Crippen molar-refractivity contribution in [2.45, 2.75) is 39.5 Å². The number of anilines is 2. The fraction of sp³-hybridized carbons (Fsp3) is 0.240. The number of rotatable bonds is 4. The highest BCUT2D eigenvalue weighted by atomic mass is 14.9. The minimum Gasteiger partial charge on any atom is -0.354 e. The van der Waals surface area contributed by atoms with Crippen molar-refractivity contribution in [3.05, 3.63) is 78.0 Å². The van der Waals surface area contributed by atoms with Crippen molar-refractivity contribution in [3.8, 4) is 0 Å². The van der Waals surface area contributed by atoms with Gasteiger partial charge in [0.2, 0.25) is 0 Å². The van der Waals surface area contributed by atoms with Gasteiger partial charge in [-0.2, -0.15) is 0 Å². The van der Waals surface area contributed by atoms with Crippen LogP contribution in [0.15, 0.2) is 66.9 Å². The third-order valence-electron chi connectivity index (χ3n) is 5.25. The zero-order chi connectivity index (χ0) is 19.0. The molecule has 0 radical (unpaired) electrons. The maximum atomic E-state index is 4.69. The van der Waals surface area contributed by atoms with Crippen molar-refractivity contribution in [2.24, 2.45) is 0 Å². The first-order valence-electron chi connectivity index (χ1n) is 9.72. The molecule has 0 saturated carbocycles. The molecule has 0 aliphatic heterocycles. The Labute approximate surface area is 161 Å². The summed E-state index contributed by atoms with van der Waals surface area (Å²) in [7, 11) is 0. The van der Waals surface area contributed by atoms with Crippen molar-refractivity contribution in [2.75, 3.05) is 5.32 Å². The van der Waals surface area contributed by atoms with Crippen LogP contribution in [-0.4, -0.2) is 4.98 Å². The van der Waals surface area contributed by atoms with E-state index in [1.807, 2.05) is 12.3 Å². The fourth-order valence-electron chi connectivity index (χ4n) is 3.85. The van der Waals surface area contributed by atoms with Crippen LogP contribution in [0.2, 0.25) is 0 Å². The van der Waals surface area contributed by atoms with E-state index in [9.17, 15) is 0 Å². The molecule has 1 N–H and O–H groups in total. The topological polar surface area (TPSA) is 24.9 Å². The maximum Gasteiger partial charge on any atom is 0.0801 e. The smallest absolute Gasteiger partial charge is 0.0801 e. The average molecular weight is 354 g/mol. The monoisotopic (exact) mass is 354 g/mol. The van der Waals surface area contributed by atoms with Crippen LogP contribution in [0.3, 0.4) is 0 Å². The fourth-order valence-corrected chi connectivity index (χ4v) is 3.85. The van der Waals surface area contributed by atoms with E-state index in [1.54, 1.807) is 0 Å². The first kappa shape index (κ1) is 17.5. The Balaban J connectivity index is 1.97. The van der Waals surface area contributed by atoms with E-state index in [0.29, 0.717) is 11.8 Å².